The molecular formula is C17H27F3O3. The van der Waals surface area contributed by atoms with Crippen molar-refractivity contribution in [2.75, 3.05) is 0 Å². The van der Waals surface area contributed by atoms with Crippen LogP contribution in [0.25, 0.3) is 0 Å². The second kappa shape index (κ2) is 6.61. The van der Waals surface area contributed by atoms with Gasteiger partial charge < -0.3 is 9.84 Å². The zero-order chi connectivity index (χ0) is 17.4. The Morgan fingerprint density at radius 3 is 2.39 bits per heavy atom. The van der Waals surface area contributed by atoms with Gasteiger partial charge in [0.2, 0.25) is 0 Å². The number of carbonyl (C=O) groups is 1. The second-order valence-electron chi connectivity index (χ2n) is 7.60. The largest absolute Gasteiger partial charge is 0.462 e. The molecule has 0 heterocycles. The van der Waals surface area contributed by atoms with Crippen LogP contribution in [-0.4, -0.2) is 29.0 Å². The van der Waals surface area contributed by atoms with E-state index in [1.807, 2.05) is 6.92 Å². The van der Waals surface area contributed by atoms with Crippen LogP contribution in [0.5, 0.6) is 0 Å². The Bertz CT molecular complexity index is 433. The summed E-state index contributed by atoms with van der Waals surface area (Å²) >= 11 is 0. The Balaban J connectivity index is 2.13. The van der Waals surface area contributed by atoms with E-state index in [0.717, 1.165) is 32.6 Å². The fourth-order valence-corrected chi connectivity index (χ4v) is 3.97. The van der Waals surface area contributed by atoms with E-state index in [1.54, 1.807) is 6.92 Å². The number of carbonyl (C=O) groups excluding carboxylic acids is 1. The van der Waals surface area contributed by atoms with E-state index in [2.05, 4.69) is 0 Å². The lowest BCUT2D eigenvalue weighted by atomic mass is 9.80. The van der Waals surface area contributed by atoms with Gasteiger partial charge >= 0.3 is 12.1 Å². The quantitative estimate of drug-likeness (QED) is 0.743. The Morgan fingerprint density at radius 1 is 1.30 bits per heavy atom. The number of rotatable bonds is 6. The minimum atomic E-state index is -4.73. The number of aliphatic hydroxyl groups is 1. The summed E-state index contributed by atoms with van der Waals surface area (Å²) < 4.78 is 44.6. The molecule has 2 aliphatic rings. The van der Waals surface area contributed by atoms with Gasteiger partial charge in [0.05, 0.1) is 5.92 Å². The fourth-order valence-electron chi connectivity index (χ4n) is 3.97. The molecule has 134 valence electrons. The van der Waals surface area contributed by atoms with Crippen LogP contribution in [0, 0.1) is 23.7 Å². The van der Waals surface area contributed by atoms with Crippen LogP contribution in [0.3, 0.4) is 0 Å². The van der Waals surface area contributed by atoms with E-state index in [-0.39, 0.29) is 11.8 Å². The SMILES string of the molecule is CCC(C)C(=O)OC(CC(C)(O)C(F)(F)F)C1CC2CCC1C2. The van der Waals surface area contributed by atoms with Gasteiger partial charge in [-0.1, -0.05) is 20.3 Å². The zero-order valence-electron chi connectivity index (χ0n) is 14.0. The molecule has 0 spiro atoms. The summed E-state index contributed by atoms with van der Waals surface area (Å²) in [4.78, 5) is 12.1. The summed E-state index contributed by atoms with van der Waals surface area (Å²) in [6.45, 7) is 4.32. The molecule has 0 aromatic heterocycles. The molecule has 0 aromatic carbocycles. The van der Waals surface area contributed by atoms with Gasteiger partial charge in [-0.05, 0) is 50.4 Å². The monoisotopic (exact) mass is 336 g/mol. The van der Waals surface area contributed by atoms with E-state index >= 15 is 0 Å². The first-order valence-corrected chi connectivity index (χ1v) is 8.54. The van der Waals surface area contributed by atoms with Crippen molar-refractivity contribution in [3.8, 4) is 0 Å². The summed E-state index contributed by atoms with van der Waals surface area (Å²) in [5, 5.41) is 9.84. The van der Waals surface area contributed by atoms with Crippen LogP contribution in [-0.2, 0) is 9.53 Å². The molecule has 23 heavy (non-hydrogen) atoms. The second-order valence-corrected chi connectivity index (χ2v) is 7.60. The molecule has 0 amide bonds. The van der Waals surface area contributed by atoms with Crippen molar-refractivity contribution in [1.82, 2.24) is 0 Å². The Hall–Kier alpha value is -0.780. The molecule has 6 heteroatoms. The van der Waals surface area contributed by atoms with Gasteiger partial charge in [-0.25, -0.2) is 0 Å². The number of alkyl halides is 3. The highest BCUT2D eigenvalue weighted by molar-refractivity contribution is 5.72. The molecule has 0 aliphatic heterocycles. The third kappa shape index (κ3) is 4.01. The molecule has 2 bridgehead atoms. The molecule has 2 aliphatic carbocycles. The van der Waals surface area contributed by atoms with Gasteiger partial charge in [0.25, 0.3) is 0 Å². The van der Waals surface area contributed by atoms with Crippen molar-refractivity contribution in [3.63, 3.8) is 0 Å². The molecular weight excluding hydrogens is 309 g/mol. The third-order valence-electron chi connectivity index (χ3n) is 5.76. The number of ether oxygens (including phenoxy) is 1. The van der Waals surface area contributed by atoms with Gasteiger partial charge in [0, 0.05) is 6.42 Å². The number of halogens is 3. The van der Waals surface area contributed by atoms with Crippen LogP contribution in [0.1, 0.15) is 59.3 Å². The molecule has 2 fully saturated rings. The predicted molar refractivity (Wildman–Crippen MR) is 79.6 cm³/mol. The Labute approximate surface area is 135 Å². The molecule has 2 saturated carbocycles. The van der Waals surface area contributed by atoms with Gasteiger partial charge in [-0.3, -0.25) is 4.79 Å². The summed E-state index contributed by atoms with van der Waals surface area (Å²) in [6, 6.07) is 0. The summed E-state index contributed by atoms with van der Waals surface area (Å²) in [5.41, 5.74) is -2.84. The zero-order valence-corrected chi connectivity index (χ0v) is 14.0. The van der Waals surface area contributed by atoms with Crippen LogP contribution in [0.2, 0.25) is 0 Å². The van der Waals surface area contributed by atoms with Gasteiger partial charge in [0.15, 0.2) is 5.60 Å². The van der Waals surface area contributed by atoms with E-state index in [0.29, 0.717) is 18.3 Å². The third-order valence-corrected chi connectivity index (χ3v) is 5.76. The topological polar surface area (TPSA) is 46.5 Å². The van der Waals surface area contributed by atoms with E-state index < -0.39 is 30.3 Å². The van der Waals surface area contributed by atoms with Gasteiger partial charge in [0.1, 0.15) is 6.10 Å². The average molecular weight is 336 g/mol. The molecule has 6 unspecified atom stereocenters. The summed E-state index contributed by atoms with van der Waals surface area (Å²) in [5.74, 6) is -0.00911. The summed E-state index contributed by atoms with van der Waals surface area (Å²) in [7, 11) is 0. The van der Waals surface area contributed by atoms with E-state index in [1.165, 1.54) is 0 Å². The smallest absolute Gasteiger partial charge is 0.417 e. The summed E-state index contributed by atoms with van der Waals surface area (Å²) in [6.07, 6.45) is -1.67. The highest BCUT2D eigenvalue weighted by Gasteiger charge is 2.54. The average Bonchev–Trinajstić information content (AvgIpc) is 3.06. The van der Waals surface area contributed by atoms with Gasteiger partial charge in [-0.15, -0.1) is 0 Å². The van der Waals surface area contributed by atoms with Crippen molar-refractivity contribution in [2.24, 2.45) is 23.7 Å². The van der Waals surface area contributed by atoms with Gasteiger partial charge in [-0.2, -0.15) is 13.2 Å². The number of hydrogen-bond acceptors (Lipinski definition) is 3. The maximum atomic E-state index is 13.0. The maximum Gasteiger partial charge on any atom is 0.417 e. The van der Waals surface area contributed by atoms with Crippen molar-refractivity contribution >= 4 is 5.97 Å². The first kappa shape index (κ1) is 18.6. The van der Waals surface area contributed by atoms with Crippen molar-refractivity contribution in [3.05, 3.63) is 0 Å². The van der Waals surface area contributed by atoms with Crippen LogP contribution in [0.15, 0.2) is 0 Å². The highest BCUT2D eigenvalue weighted by atomic mass is 19.4. The maximum absolute atomic E-state index is 13.0. The minimum absolute atomic E-state index is 0.0596. The molecule has 3 nitrogen and oxygen atoms in total. The number of hydrogen-bond donors (Lipinski definition) is 1. The first-order chi connectivity index (χ1) is 10.5. The molecule has 0 radical (unpaired) electrons. The predicted octanol–water partition coefficient (Wildman–Crippen LogP) is 4.08. The van der Waals surface area contributed by atoms with E-state index in [9.17, 15) is 23.1 Å². The lowest BCUT2D eigenvalue weighted by molar-refractivity contribution is -0.264. The molecule has 6 atom stereocenters. The van der Waals surface area contributed by atoms with Crippen molar-refractivity contribution < 1.29 is 27.8 Å². The first-order valence-electron chi connectivity index (χ1n) is 8.54. The Kier molecular flexibility index (Phi) is 5.34. The molecule has 2 rings (SSSR count). The normalized spacial score (nSPS) is 32.4. The van der Waals surface area contributed by atoms with Crippen molar-refractivity contribution in [1.29, 1.82) is 0 Å². The van der Waals surface area contributed by atoms with Crippen LogP contribution < -0.4 is 0 Å². The van der Waals surface area contributed by atoms with Crippen LogP contribution >= 0.6 is 0 Å². The van der Waals surface area contributed by atoms with Crippen LogP contribution in [0.4, 0.5) is 13.2 Å². The fraction of sp³-hybridized carbons (Fsp3) is 0.941. The van der Waals surface area contributed by atoms with Crippen molar-refractivity contribution in [2.45, 2.75) is 77.2 Å². The number of esters is 1. The molecule has 1 N–H and O–H groups in total. The lowest BCUT2D eigenvalue weighted by Crippen LogP contribution is -2.48. The minimum Gasteiger partial charge on any atom is -0.462 e. The van der Waals surface area contributed by atoms with E-state index in [4.69, 9.17) is 4.74 Å². The highest BCUT2D eigenvalue weighted by Crippen LogP contribution is 2.51. The Morgan fingerprint density at radius 2 is 1.96 bits per heavy atom. The molecule has 0 saturated heterocycles. The number of fused-ring (bicyclic) bond motifs is 2. The standard InChI is InChI=1S/C17H27F3O3/c1-4-10(2)15(21)23-14(9-16(3,22)17(18,19)20)13-8-11-5-6-12(13)7-11/h10-14,22H,4-9H2,1-3H3. The molecule has 0 aromatic rings. The lowest BCUT2D eigenvalue weighted by Gasteiger charge is -2.36.